The molecular weight excluding hydrogens is 295 g/mol. The third kappa shape index (κ3) is 2.88. The predicted octanol–water partition coefficient (Wildman–Crippen LogP) is 2.91. The molecule has 3 fully saturated rings. The van der Waals surface area contributed by atoms with E-state index in [4.69, 9.17) is 4.42 Å². The fourth-order valence-corrected chi connectivity index (χ4v) is 3.62. The number of carbonyl (C=O) groups excluding carboxylic acids is 1. The molecule has 1 aromatic carbocycles. The maximum Gasteiger partial charge on any atom is 0.287 e. The largest absolute Gasteiger partial charge is 0.451 e. The molecule has 1 aromatic heterocycles. The Morgan fingerprint density at radius 1 is 1.22 bits per heavy atom. The number of fused-ring (bicyclic) bond motifs is 3. The lowest BCUT2D eigenvalue weighted by molar-refractivity contribution is 0.0606. The first-order valence-electron chi connectivity index (χ1n) is 8.08. The highest BCUT2D eigenvalue weighted by atomic mass is 19.1. The number of piperidine rings is 3. The summed E-state index contributed by atoms with van der Waals surface area (Å²) in [6.07, 6.45) is 2.30. The molecule has 4 nitrogen and oxygen atoms in total. The fraction of sp³-hybridized carbons (Fsp3) is 0.389. The second-order valence-corrected chi connectivity index (χ2v) is 6.39. The van der Waals surface area contributed by atoms with E-state index in [1.165, 1.54) is 12.1 Å². The summed E-state index contributed by atoms with van der Waals surface area (Å²) in [4.78, 5) is 14.8. The zero-order valence-electron chi connectivity index (χ0n) is 12.8. The average Bonchev–Trinajstić information content (AvgIpc) is 3.06. The van der Waals surface area contributed by atoms with Crippen molar-refractivity contribution in [3.63, 3.8) is 0 Å². The van der Waals surface area contributed by atoms with Crippen LogP contribution in [0, 0.1) is 11.7 Å². The van der Waals surface area contributed by atoms with E-state index in [1.54, 1.807) is 24.3 Å². The number of hydrogen-bond acceptors (Lipinski definition) is 3. The maximum atomic E-state index is 13.3. The monoisotopic (exact) mass is 314 g/mol. The summed E-state index contributed by atoms with van der Waals surface area (Å²) in [6.45, 7) is 3.21. The molecule has 4 heterocycles. The molecule has 0 radical (unpaired) electrons. The van der Waals surface area contributed by atoms with Crippen molar-refractivity contribution in [2.75, 3.05) is 19.6 Å². The highest BCUT2D eigenvalue weighted by Gasteiger charge is 2.35. The van der Waals surface area contributed by atoms with Crippen LogP contribution in [0.5, 0.6) is 0 Å². The van der Waals surface area contributed by atoms with Crippen LogP contribution in [0.15, 0.2) is 40.8 Å². The molecule has 120 valence electrons. The van der Waals surface area contributed by atoms with Crippen LogP contribution in [0.25, 0.3) is 11.3 Å². The van der Waals surface area contributed by atoms with E-state index in [1.807, 2.05) is 0 Å². The lowest BCUT2D eigenvalue weighted by Gasteiger charge is -2.44. The van der Waals surface area contributed by atoms with Crippen LogP contribution in [0.1, 0.15) is 23.4 Å². The van der Waals surface area contributed by atoms with Crippen LogP contribution in [-0.2, 0) is 0 Å². The summed E-state index contributed by atoms with van der Waals surface area (Å²) in [7, 11) is 0. The molecule has 5 heteroatoms. The minimum absolute atomic E-state index is 0.189. The van der Waals surface area contributed by atoms with Gasteiger partial charge in [-0.25, -0.2) is 4.39 Å². The molecule has 3 aliphatic rings. The van der Waals surface area contributed by atoms with E-state index in [0.717, 1.165) is 32.5 Å². The van der Waals surface area contributed by atoms with Crippen molar-refractivity contribution >= 4 is 5.91 Å². The van der Waals surface area contributed by atoms with Gasteiger partial charge in [0.05, 0.1) is 0 Å². The molecule has 1 amide bonds. The Morgan fingerprint density at radius 2 is 2.04 bits per heavy atom. The van der Waals surface area contributed by atoms with Gasteiger partial charge in [0.15, 0.2) is 5.76 Å². The Morgan fingerprint density at radius 3 is 2.74 bits per heavy atom. The SMILES string of the molecule is O=C(NC1CN2CCC1CC2)c1ccc(-c2cccc(F)c2)o1. The molecule has 1 unspecified atom stereocenters. The summed E-state index contributed by atoms with van der Waals surface area (Å²) in [5.74, 6) is 0.842. The maximum absolute atomic E-state index is 13.3. The van der Waals surface area contributed by atoms with Gasteiger partial charge in [-0.3, -0.25) is 4.79 Å². The van der Waals surface area contributed by atoms with Crippen LogP contribution >= 0.6 is 0 Å². The van der Waals surface area contributed by atoms with Gasteiger partial charge in [0, 0.05) is 18.2 Å². The van der Waals surface area contributed by atoms with Crippen molar-refractivity contribution in [1.82, 2.24) is 10.2 Å². The first-order chi connectivity index (χ1) is 11.2. The highest BCUT2D eigenvalue weighted by molar-refractivity contribution is 5.92. The molecule has 1 N–H and O–H groups in total. The quantitative estimate of drug-likeness (QED) is 0.947. The van der Waals surface area contributed by atoms with Crippen LogP contribution in [0.3, 0.4) is 0 Å². The van der Waals surface area contributed by atoms with E-state index in [2.05, 4.69) is 10.2 Å². The third-order valence-electron chi connectivity index (χ3n) is 4.91. The van der Waals surface area contributed by atoms with Gasteiger partial charge in [-0.15, -0.1) is 0 Å². The van der Waals surface area contributed by atoms with Gasteiger partial charge in [0.25, 0.3) is 5.91 Å². The number of hydrogen-bond donors (Lipinski definition) is 1. The number of amides is 1. The number of nitrogens with one attached hydrogen (secondary N) is 1. The molecule has 0 saturated carbocycles. The minimum Gasteiger partial charge on any atom is -0.451 e. The molecule has 2 bridgehead atoms. The van der Waals surface area contributed by atoms with Gasteiger partial charge in [-0.2, -0.15) is 0 Å². The van der Waals surface area contributed by atoms with Crippen molar-refractivity contribution < 1.29 is 13.6 Å². The first-order valence-corrected chi connectivity index (χ1v) is 8.08. The number of rotatable bonds is 3. The number of halogens is 1. The van der Waals surface area contributed by atoms with Crippen LogP contribution in [0.4, 0.5) is 4.39 Å². The van der Waals surface area contributed by atoms with Crippen molar-refractivity contribution in [2.24, 2.45) is 5.92 Å². The molecular formula is C18H19FN2O2. The molecule has 23 heavy (non-hydrogen) atoms. The summed E-state index contributed by atoms with van der Waals surface area (Å²) >= 11 is 0. The number of furan rings is 1. The minimum atomic E-state index is -0.322. The molecule has 5 rings (SSSR count). The van der Waals surface area contributed by atoms with Gasteiger partial charge in [0.2, 0.25) is 0 Å². The van der Waals surface area contributed by atoms with E-state index >= 15 is 0 Å². The van der Waals surface area contributed by atoms with Crippen molar-refractivity contribution in [3.05, 3.63) is 48.0 Å². The normalized spacial score (nSPS) is 26.2. The Hall–Kier alpha value is -2.14. The zero-order chi connectivity index (χ0) is 15.8. The number of carbonyl (C=O) groups is 1. The third-order valence-corrected chi connectivity index (χ3v) is 4.91. The molecule has 0 spiro atoms. The zero-order valence-corrected chi connectivity index (χ0v) is 12.8. The molecule has 0 aliphatic carbocycles. The molecule has 3 aliphatic heterocycles. The molecule has 2 aromatic rings. The number of benzene rings is 1. The lowest BCUT2D eigenvalue weighted by atomic mass is 9.84. The van der Waals surface area contributed by atoms with E-state index in [-0.39, 0.29) is 23.5 Å². The van der Waals surface area contributed by atoms with Crippen molar-refractivity contribution in [1.29, 1.82) is 0 Å². The molecule has 3 saturated heterocycles. The Kier molecular flexibility index (Phi) is 3.65. The van der Waals surface area contributed by atoms with Crippen LogP contribution in [-0.4, -0.2) is 36.5 Å². The van der Waals surface area contributed by atoms with E-state index in [9.17, 15) is 9.18 Å². The Balaban J connectivity index is 1.47. The smallest absolute Gasteiger partial charge is 0.287 e. The van der Waals surface area contributed by atoms with Gasteiger partial charge >= 0.3 is 0 Å². The van der Waals surface area contributed by atoms with E-state index in [0.29, 0.717) is 17.2 Å². The summed E-state index contributed by atoms with van der Waals surface area (Å²) < 4.78 is 18.9. The van der Waals surface area contributed by atoms with Gasteiger partial charge in [-0.05, 0) is 56.1 Å². The topological polar surface area (TPSA) is 45.5 Å². The van der Waals surface area contributed by atoms with Gasteiger partial charge in [0.1, 0.15) is 11.6 Å². The summed E-state index contributed by atoms with van der Waals surface area (Å²) in [6, 6.07) is 9.73. The average molecular weight is 314 g/mol. The standard InChI is InChI=1S/C18H19FN2O2/c19-14-3-1-2-13(10-14)16-4-5-17(23-16)18(22)20-15-11-21-8-6-12(15)7-9-21/h1-5,10,12,15H,6-9,11H2,(H,20,22). The Bertz CT molecular complexity index is 719. The van der Waals surface area contributed by atoms with Crippen LogP contribution < -0.4 is 5.32 Å². The van der Waals surface area contributed by atoms with E-state index < -0.39 is 0 Å². The van der Waals surface area contributed by atoms with Crippen molar-refractivity contribution in [2.45, 2.75) is 18.9 Å². The summed E-state index contributed by atoms with van der Waals surface area (Å²) in [5.41, 5.74) is 0.631. The Labute approximate surface area is 134 Å². The predicted molar refractivity (Wildman–Crippen MR) is 84.5 cm³/mol. The second kappa shape index (κ2) is 5.81. The lowest BCUT2D eigenvalue weighted by Crippen LogP contribution is -2.57. The first kappa shape index (κ1) is 14.5. The second-order valence-electron chi connectivity index (χ2n) is 6.39. The summed E-state index contributed by atoms with van der Waals surface area (Å²) in [5, 5.41) is 3.09. The van der Waals surface area contributed by atoms with Gasteiger partial charge < -0.3 is 14.6 Å². The van der Waals surface area contributed by atoms with Crippen molar-refractivity contribution in [3.8, 4) is 11.3 Å². The van der Waals surface area contributed by atoms with Gasteiger partial charge in [-0.1, -0.05) is 12.1 Å². The van der Waals surface area contributed by atoms with Crippen LogP contribution in [0.2, 0.25) is 0 Å². The molecule has 1 atom stereocenters. The highest BCUT2D eigenvalue weighted by Crippen LogP contribution is 2.28. The number of nitrogens with zero attached hydrogens (tertiary/aromatic N) is 1. The fourth-order valence-electron chi connectivity index (χ4n) is 3.62.